The van der Waals surface area contributed by atoms with Gasteiger partial charge in [-0.25, -0.2) is 9.59 Å². The normalized spacial score (nSPS) is 13.4. The van der Waals surface area contributed by atoms with E-state index in [9.17, 15) is 9.59 Å². The number of unbranched alkanes of at least 4 members (excludes halogenated alkanes) is 1. The molecule has 0 aliphatic rings. The number of carbonyl (C=O) groups excluding carboxylic acids is 2. The van der Waals surface area contributed by atoms with E-state index in [0.29, 0.717) is 6.54 Å². The zero-order valence-corrected chi connectivity index (χ0v) is 22.9. The van der Waals surface area contributed by atoms with Gasteiger partial charge in [-0.15, -0.1) is 22.7 Å². The second kappa shape index (κ2) is 14.7. The van der Waals surface area contributed by atoms with E-state index in [1.165, 1.54) is 0 Å². The number of hydrogen-bond acceptors (Lipinski definition) is 5. The van der Waals surface area contributed by atoms with Crippen LogP contribution in [0.3, 0.4) is 0 Å². The van der Waals surface area contributed by atoms with Crippen molar-refractivity contribution in [3.63, 3.8) is 0 Å². The van der Waals surface area contributed by atoms with E-state index in [4.69, 9.17) is 4.74 Å². The summed E-state index contributed by atoms with van der Waals surface area (Å²) in [5, 5.41) is 10.1. The molecular weight excluding hydrogens is 490 g/mol. The number of nitrogens with one attached hydrogen (secondary N) is 2. The van der Waals surface area contributed by atoms with Crippen LogP contribution in [0.5, 0.6) is 0 Å². The number of carbonyl (C=O) groups is 2. The molecule has 3 atom stereocenters. The Kier molecular flexibility index (Phi) is 11.3. The standard InChI is InChI=1S/C28H37N3O3S2/c1-4-6-14-23(29-27(32)30-25(5-2)22-12-8-7-9-13-22)20-34-28(33)31(19-24-15-10-17-35-24)21(3)26-16-11-18-36-26/h7-13,15-18,21,23,25H,4-6,14,19-20H2,1-3H3,(H2,29,30,32)/t21?,23-,25-/m0/s1. The Labute approximate surface area is 222 Å². The molecule has 3 amide bonds. The quantitative estimate of drug-likeness (QED) is 0.241. The maximum Gasteiger partial charge on any atom is 0.410 e. The summed E-state index contributed by atoms with van der Waals surface area (Å²) in [5.41, 5.74) is 1.07. The summed E-state index contributed by atoms with van der Waals surface area (Å²) in [7, 11) is 0. The molecule has 1 unspecified atom stereocenters. The minimum Gasteiger partial charge on any atom is -0.447 e. The van der Waals surface area contributed by atoms with E-state index < -0.39 is 0 Å². The third-order valence-electron chi connectivity index (χ3n) is 6.13. The van der Waals surface area contributed by atoms with Gasteiger partial charge in [0.1, 0.15) is 6.61 Å². The molecule has 8 heteroatoms. The summed E-state index contributed by atoms with van der Waals surface area (Å²) in [6.45, 7) is 6.79. The first-order chi connectivity index (χ1) is 17.5. The fourth-order valence-corrected chi connectivity index (χ4v) is 5.51. The molecule has 1 aromatic carbocycles. The van der Waals surface area contributed by atoms with Crippen LogP contribution in [-0.4, -0.2) is 29.7 Å². The van der Waals surface area contributed by atoms with E-state index in [2.05, 4.69) is 17.6 Å². The molecule has 0 bridgehead atoms. The summed E-state index contributed by atoms with van der Waals surface area (Å²) in [5.74, 6) is 0. The topological polar surface area (TPSA) is 70.7 Å². The number of rotatable bonds is 13. The minimum atomic E-state index is -0.372. The lowest BCUT2D eigenvalue weighted by atomic mass is 10.1. The Balaban J connectivity index is 1.62. The van der Waals surface area contributed by atoms with Crippen molar-refractivity contribution in [3.8, 4) is 0 Å². The lowest BCUT2D eigenvalue weighted by Crippen LogP contribution is -2.46. The molecule has 0 aliphatic heterocycles. The number of hydrogen-bond donors (Lipinski definition) is 2. The van der Waals surface area contributed by atoms with Crippen LogP contribution in [0.15, 0.2) is 65.4 Å². The van der Waals surface area contributed by atoms with Gasteiger partial charge in [0.2, 0.25) is 0 Å². The van der Waals surface area contributed by atoms with Gasteiger partial charge in [-0.3, -0.25) is 4.90 Å². The fraction of sp³-hybridized carbons (Fsp3) is 0.429. The molecule has 6 nitrogen and oxygen atoms in total. The number of benzene rings is 1. The molecule has 0 spiro atoms. The highest BCUT2D eigenvalue weighted by Gasteiger charge is 2.26. The Bertz CT molecular complexity index is 1030. The Hall–Kier alpha value is -2.84. The first-order valence-corrected chi connectivity index (χ1v) is 14.4. The highest BCUT2D eigenvalue weighted by molar-refractivity contribution is 7.10. The number of thiophene rings is 2. The molecule has 0 fully saturated rings. The van der Waals surface area contributed by atoms with E-state index in [1.807, 2.05) is 79.2 Å². The molecule has 0 radical (unpaired) electrons. The molecule has 2 aromatic heterocycles. The second-order valence-corrected chi connectivity index (χ2v) is 10.8. The summed E-state index contributed by atoms with van der Waals surface area (Å²) in [6.07, 6.45) is 3.08. The van der Waals surface area contributed by atoms with Crippen molar-refractivity contribution >= 4 is 34.8 Å². The van der Waals surface area contributed by atoms with Crippen molar-refractivity contribution in [2.24, 2.45) is 0 Å². The largest absolute Gasteiger partial charge is 0.447 e. The summed E-state index contributed by atoms with van der Waals surface area (Å²) >= 11 is 3.25. The molecule has 194 valence electrons. The van der Waals surface area contributed by atoms with Gasteiger partial charge < -0.3 is 15.4 Å². The van der Waals surface area contributed by atoms with E-state index in [1.54, 1.807) is 27.6 Å². The van der Waals surface area contributed by atoms with E-state index in [0.717, 1.165) is 41.0 Å². The molecule has 3 aromatic rings. The smallest absolute Gasteiger partial charge is 0.410 e. The summed E-state index contributed by atoms with van der Waals surface area (Å²) < 4.78 is 5.80. The SMILES string of the molecule is CCCC[C@@H](COC(=O)N(Cc1cccs1)C(C)c1cccs1)NC(=O)N[C@@H](CC)c1ccccc1. The summed E-state index contributed by atoms with van der Waals surface area (Å²) in [6, 6.07) is 17.3. The number of urea groups is 1. The van der Waals surface area contributed by atoms with Gasteiger partial charge in [0.05, 0.1) is 24.7 Å². The van der Waals surface area contributed by atoms with E-state index >= 15 is 0 Å². The number of ether oxygens (including phenoxy) is 1. The number of nitrogens with zero attached hydrogens (tertiary/aromatic N) is 1. The van der Waals surface area contributed by atoms with Crippen LogP contribution in [0.4, 0.5) is 9.59 Å². The second-order valence-electron chi connectivity index (χ2n) is 8.80. The van der Waals surface area contributed by atoms with Crippen LogP contribution in [0.25, 0.3) is 0 Å². The maximum absolute atomic E-state index is 13.3. The molecular formula is C28H37N3O3S2. The van der Waals surface area contributed by atoms with E-state index in [-0.39, 0.29) is 36.9 Å². The minimum absolute atomic E-state index is 0.0755. The van der Waals surface area contributed by atoms with Crippen molar-refractivity contribution < 1.29 is 14.3 Å². The molecule has 0 aliphatic carbocycles. The summed E-state index contributed by atoms with van der Waals surface area (Å²) in [4.78, 5) is 30.1. The Morgan fingerprint density at radius 1 is 0.972 bits per heavy atom. The third kappa shape index (κ3) is 8.38. The highest BCUT2D eigenvalue weighted by atomic mass is 32.1. The lowest BCUT2D eigenvalue weighted by molar-refractivity contribution is 0.0778. The van der Waals surface area contributed by atoms with Gasteiger partial charge >= 0.3 is 12.1 Å². The van der Waals surface area contributed by atoms with Crippen LogP contribution >= 0.6 is 22.7 Å². The molecule has 2 N–H and O–H groups in total. The van der Waals surface area contributed by atoms with Crippen LogP contribution in [0.2, 0.25) is 0 Å². The van der Waals surface area contributed by atoms with Crippen molar-refractivity contribution in [3.05, 3.63) is 80.7 Å². The Morgan fingerprint density at radius 2 is 1.72 bits per heavy atom. The van der Waals surface area contributed by atoms with Gasteiger partial charge in [-0.2, -0.15) is 0 Å². The lowest BCUT2D eigenvalue weighted by Gasteiger charge is -2.29. The van der Waals surface area contributed by atoms with Gasteiger partial charge in [0, 0.05) is 9.75 Å². The molecule has 2 heterocycles. The van der Waals surface area contributed by atoms with Crippen molar-refractivity contribution in [2.75, 3.05) is 6.61 Å². The highest BCUT2D eigenvalue weighted by Crippen LogP contribution is 2.28. The van der Waals surface area contributed by atoms with Gasteiger partial charge in [-0.05, 0) is 48.2 Å². The fourth-order valence-electron chi connectivity index (χ4n) is 4.01. The van der Waals surface area contributed by atoms with Crippen LogP contribution in [-0.2, 0) is 11.3 Å². The average molecular weight is 528 g/mol. The number of amides is 3. The van der Waals surface area contributed by atoms with Crippen molar-refractivity contribution in [1.82, 2.24) is 15.5 Å². The average Bonchev–Trinajstić information content (AvgIpc) is 3.62. The van der Waals surface area contributed by atoms with Crippen LogP contribution in [0.1, 0.15) is 73.9 Å². The zero-order chi connectivity index (χ0) is 25.8. The van der Waals surface area contributed by atoms with Crippen LogP contribution in [0, 0.1) is 0 Å². The molecule has 0 saturated carbocycles. The third-order valence-corrected chi connectivity index (χ3v) is 8.03. The molecule has 0 saturated heterocycles. The van der Waals surface area contributed by atoms with Crippen LogP contribution < -0.4 is 10.6 Å². The first-order valence-electron chi connectivity index (χ1n) is 12.6. The molecule has 36 heavy (non-hydrogen) atoms. The van der Waals surface area contributed by atoms with Crippen molar-refractivity contribution in [2.45, 2.75) is 71.1 Å². The predicted molar refractivity (Wildman–Crippen MR) is 148 cm³/mol. The van der Waals surface area contributed by atoms with Gasteiger partial charge in [0.25, 0.3) is 0 Å². The monoisotopic (exact) mass is 527 g/mol. The maximum atomic E-state index is 13.3. The van der Waals surface area contributed by atoms with Gasteiger partial charge in [0.15, 0.2) is 0 Å². The van der Waals surface area contributed by atoms with Gasteiger partial charge in [-0.1, -0.05) is 69.2 Å². The van der Waals surface area contributed by atoms with Crippen molar-refractivity contribution in [1.29, 1.82) is 0 Å². The zero-order valence-electron chi connectivity index (χ0n) is 21.3. The first kappa shape index (κ1) is 27.7. The predicted octanol–water partition coefficient (Wildman–Crippen LogP) is 7.52. The Morgan fingerprint density at radius 3 is 2.36 bits per heavy atom. The molecule has 3 rings (SSSR count).